The standard InChI is InChI=1S/C16H15ClN2O3S2/c1-9-3-4-11-7-12(16(20)19-15(11)10(9)2)8-18-24(21,22)14-6-5-13(17)23-14/h3-7,18H,8H2,1-2H3,(H,19,20). The molecule has 0 aliphatic heterocycles. The first-order valence-corrected chi connectivity index (χ1v) is 9.83. The van der Waals surface area contributed by atoms with Gasteiger partial charge in [0.1, 0.15) is 4.21 Å². The molecule has 5 nitrogen and oxygen atoms in total. The molecule has 0 unspecified atom stereocenters. The predicted molar refractivity (Wildman–Crippen MR) is 97.4 cm³/mol. The lowest BCUT2D eigenvalue weighted by Crippen LogP contribution is -2.26. The van der Waals surface area contributed by atoms with E-state index >= 15 is 0 Å². The molecule has 0 spiro atoms. The SMILES string of the molecule is Cc1ccc2cc(CNS(=O)(=O)c3ccc(Cl)s3)c(=O)[nH]c2c1C. The molecule has 2 N–H and O–H groups in total. The van der Waals surface area contributed by atoms with Crippen LogP contribution in [-0.2, 0) is 16.6 Å². The largest absolute Gasteiger partial charge is 0.321 e. The summed E-state index contributed by atoms with van der Waals surface area (Å²) in [5.74, 6) is 0. The fourth-order valence-electron chi connectivity index (χ4n) is 2.39. The maximum absolute atomic E-state index is 12.2. The lowest BCUT2D eigenvalue weighted by Gasteiger charge is -2.08. The van der Waals surface area contributed by atoms with E-state index in [9.17, 15) is 13.2 Å². The zero-order valence-electron chi connectivity index (χ0n) is 13.0. The van der Waals surface area contributed by atoms with E-state index in [1.165, 1.54) is 12.1 Å². The number of thiophene rings is 1. The molecular formula is C16H15ClN2O3S2. The number of aromatic nitrogens is 1. The van der Waals surface area contributed by atoms with Crippen LogP contribution in [0.1, 0.15) is 16.7 Å². The van der Waals surface area contributed by atoms with Gasteiger partial charge in [-0.1, -0.05) is 23.7 Å². The van der Waals surface area contributed by atoms with E-state index < -0.39 is 10.0 Å². The molecule has 0 bridgehead atoms. The van der Waals surface area contributed by atoms with Crippen LogP contribution in [0.25, 0.3) is 10.9 Å². The Morgan fingerprint density at radius 1 is 1.21 bits per heavy atom. The summed E-state index contributed by atoms with van der Waals surface area (Å²) in [5.41, 5.74) is 2.92. The highest BCUT2D eigenvalue weighted by Gasteiger charge is 2.17. The number of sulfonamides is 1. The van der Waals surface area contributed by atoms with E-state index in [1.807, 2.05) is 26.0 Å². The van der Waals surface area contributed by atoms with Crippen molar-refractivity contribution in [1.29, 1.82) is 0 Å². The zero-order valence-corrected chi connectivity index (χ0v) is 15.4. The first kappa shape index (κ1) is 17.2. The molecule has 0 aliphatic carbocycles. The summed E-state index contributed by atoms with van der Waals surface area (Å²) in [7, 11) is -3.69. The summed E-state index contributed by atoms with van der Waals surface area (Å²) in [6, 6.07) is 8.55. The molecule has 8 heteroatoms. The molecule has 0 fully saturated rings. The minimum atomic E-state index is -3.69. The van der Waals surface area contributed by atoms with E-state index in [1.54, 1.807) is 6.07 Å². The highest BCUT2D eigenvalue weighted by molar-refractivity contribution is 7.91. The van der Waals surface area contributed by atoms with Gasteiger partial charge < -0.3 is 4.98 Å². The summed E-state index contributed by atoms with van der Waals surface area (Å²) in [4.78, 5) is 15.1. The Labute approximate surface area is 148 Å². The minimum Gasteiger partial charge on any atom is -0.321 e. The van der Waals surface area contributed by atoms with E-state index in [-0.39, 0.29) is 16.3 Å². The number of hydrogen-bond donors (Lipinski definition) is 2. The van der Waals surface area contributed by atoms with Crippen LogP contribution in [0.3, 0.4) is 0 Å². The number of nitrogens with one attached hydrogen (secondary N) is 2. The zero-order chi connectivity index (χ0) is 17.5. The van der Waals surface area contributed by atoms with Crippen LogP contribution >= 0.6 is 22.9 Å². The van der Waals surface area contributed by atoms with Crippen molar-refractivity contribution >= 4 is 43.9 Å². The van der Waals surface area contributed by atoms with E-state index in [0.29, 0.717) is 9.90 Å². The first-order chi connectivity index (χ1) is 11.3. The Balaban J connectivity index is 1.92. The number of H-pyrrole nitrogens is 1. The quantitative estimate of drug-likeness (QED) is 0.726. The molecular weight excluding hydrogens is 368 g/mol. The normalized spacial score (nSPS) is 12.0. The van der Waals surface area contributed by atoms with Gasteiger partial charge in [0.2, 0.25) is 10.0 Å². The lowest BCUT2D eigenvalue weighted by molar-refractivity contribution is 0.583. The van der Waals surface area contributed by atoms with Gasteiger partial charge >= 0.3 is 0 Å². The number of halogens is 1. The third-order valence-electron chi connectivity index (χ3n) is 3.89. The molecule has 126 valence electrons. The molecule has 0 saturated heterocycles. The Bertz CT molecular complexity index is 1080. The van der Waals surface area contributed by atoms with Crippen molar-refractivity contribution < 1.29 is 8.42 Å². The maximum atomic E-state index is 12.2. The molecule has 0 amide bonds. The fourth-order valence-corrected chi connectivity index (χ4v) is 4.92. The predicted octanol–water partition coefficient (Wildman–Crippen LogP) is 3.34. The molecule has 0 radical (unpaired) electrons. The smallest absolute Gasteiger partial charge is 0.252 e. The van der Waals surface area contributed by atoms with Crippen molar-refractivity contribution in [1.82, 2.24) is 9.71 Å². The Morgan fingerprint density at radius 2 is 1.96 bits per heavy atom. The van der Waals surface area contributed by atoms with Gasteiger partial charge in [0.15, 0.2) is 0 Å². The van der Waals surface area contributed by atoms with Gasteiger partial charge in [0.25, 0.3) is 5.56 Å². The van der Waals surface area contributed by atoms with Crippen LogP contribution in [-0.4, -0.2) is 13.4 Å². The topological polar surface area (TPSA) is 79.0 Å². The van der Waals surface area contributed by atoms with E-state index in [2.05, 4.69) is 9.71 Å². The van der Waals surface area contributed by atoms with Crippen molar-refractivity contribution in [3.05, 3.63) is 61.7 Å². The number of aromatic amines is 1. The second-order valence-corrected chi connectivity index (χ2v) is 9.19. The minimum absolute atomic E-state index is 0.0873. The second-order valence-electron chi connectivity index (χ2n) is 5.48. The number of pyridine rings is 1. The van der Waals surface area contributed by atoms with Crippen LogP contribution in [0.5, 0.6) is 0 Å². The number of fused-ring (bicyclic) bond motifs is 1. The third-order valence-corrected chi connectivity index (χ3v) is 7.02. The summed E-state index contributed by atoms with van der Waals surface area (Å²) in [5, 5.41) is 0.867. The summed E-state index contributed by atoms with van der Waals surface area (Å²) in [6.45, 7) is 3.83. The highest BCUT2D eigenvalue weighted by atomic mass is 35.5. The van der Waals surface area contributed by atoms with Crippen LogP contribution in [0, 0.1) is 13.8 Å². The third kappa shape index (κ3) is 3.25. The Hall–Kier alpha value is -1.67. The molecule has 3 rings (SSSR count). The number of rotatable bonds is 4. The van der Waals surface area contributed by atoms with Gasteiger partial charge in [-0.05, 0) is 48.6 Å². The molecule has 2 heterocycles. The molecule has 24 heavy (non-hydrogen) atoms. The van der Waals surface area contributed by atoms with Crippen LogP contribution in [0.15, 0.2) is 39.3 Å². The molecule has 1 aromatic carbocycles. The Kier molecular flexibility index (Phi) is 4.52. The summed E-state index contributed by atoms with van der Waals surface area (Å²) >= 11 is 6.74. The van der Waals surface area contributed by atoms with Gasteiger partial charge in [-0.15, -0.1) is 11.3 Å². The van der Waals surface area contributed by atoms with Crippen LogP contribution < -0.4 is 10.3 Å². The monoisotopic (exact) mass is 382 g/mol. The van der Waals surface area contributed by atoms with Gasteiger partial charge in [-0.3, -0.25) is 4.79 Å². The average Bonchev–Trinajstić information content (AvgIpc) is 2.97. The number of aryl methyl sites for hydroxylation is 2. The molecule has 0 aliphatic rings. The van der Waals surface area contributed by atoms with Crippen molar-refractivity contribution in [3.8, 4) is 0 Å². The van der Waals surface area contributed by atoms with Gasteiger partial charge in [-0.25, -0.2) is 13.1 Å². The van der Waals surface area contributed by atoms with Gasteiger partial charge in [0, 0.05) is 12.1 Å². The summed E-state index contributed by atoms with van der Waals surface area (Å²) in [6.07, 6.45) is 0. The van der Waals surface area contributed by atoms with Crippen molar-refractivity contribution in [2.24, 2.45) is 0 Å². The van der Waals surface area contributed by atoms with E-state index in [4.69, 9.17) is 11.6 Å². The maximum Gasteiger partial charge on any atom is 0.252 e. The van der Waals surface area contributed by atoms with Gasteiger partial charge in [-0.2, -0.15) is 0 Å². The van der Waals surface area contributed by atoms with Crippen LogP contribution in [0.2, 0.25) is 4.34 Å². The second kappa shape index (κ2) is 6.33. The van der Waals surface area contributed by atoms with Crippen molar-refractivity contribution in [3.63, 3.8) is 0 Å². The number of hydrogen-bond acceptors (Lipinski definition) is 4. The molecule has 3 aromatic rings. The van der Waals surface area contributed by atoms with Crippen molar-refractivity contribution in [2.75, 3.05) is 0 Å². The van der Waals surface area contributed by atoms with Gasteiger partial charge in [0.05, 0.1) is 9.85 Å². The molecule has 0 atom stereocenters. The van der Waals surface area contributed by atoms with Crippen molar-refractivity contribution in [2.45, 2.75) is 24.6 Å². The van der Waals surface area contributed by atoms with E-state index in [0.717, 1.165) is 33.4 Å². The highest BCUT2D eigenvalue weighted by Crippen LogP contribution is 2.25. The molecule has 2 aromatic heterocycles. The molecule has 0 saturated carbocycles. The summed E-state index contributed by atoms with van der Waals surface area (Å²) < 4.78 is 27.4. The van der Waals surface area contributed by atoms with Crippen LogP contribution in [0.4, 0.5) is 0 Å². The fraction of sp³-hybridized carbons (Fsp3) is 0.188. The average molecular weight is 383 g/mol. The lowest BCUT2D eigenvalue weighted by atomic mass is 10.0. The number of benzene rings is 1. The Morgan fingerprint density at radius 3 is 2.62 bits per heavy atom. The first-order valence-electron chi connectivity index (χ1n) is 7.15.